The van der Waals surface area contributed by atoms with Crippen molar-refractivity contribution < 1.29 is 18.0 Å². The van der Waals surface area contributed by atoms with Gasteiger partial charge in [-0.3, -0.25) is 13.9 Å². The van der Waals surface area contributed by atoms with Crippen LogP contribution in [0.2, 0.25) is 5.02 Å². The van der Waals surface area contributed by atoms with Crippen molar-refractivity contribution in [2.75, 3.05) is 17.1 Å². The minimum absolute atomic E-state index is 0.0907. The van der Waals surface area contributed by atoms with Crippen LogP contribution in [0.1, 0.15) is 61.6 Å². The number of aryl methyl sites for hydroxylation is 1. The van der Waals surface area contributed by atoms with Gasteiger partial charge in [0.2, 0.25) is 21.8 Å². The van der Waals surface area contributed by atoms with Crippen LogP contribution in [0, 0.1) is 6.92 Å². The largest absolute Gasteiger partial charge is 0.352 e. The van der Waals surface area contributed by atoms with E-state index in [4.69, 9.17) is 11.6 Å². The minimum atomic E-state index is -3.56. The summed E-state index contributed by atoms with van der Waals surface area (Å²) in [4.78, 5) is 29.6. The van der Waals surface area contributed by atoms with E-state index in [1.54, 1.807) is 29.2 Å². The Balaban J connectivity index is 1.58. The SMILES string of the molecule is Cc1ccc(N(CCCC(=O)N(Cc2ccc(Cl)cc2)[C@H](Cc2ccccc2)C(=O)NC2CCCCC2)S(C)(=O)=O)cc1. The highest BCUT2D eigenvalue weighted by Crippen LogP contribution is 2.22. The number of nitrogens with one attached hydrogen (secondary N) is 1. The molecule has 1 aliphatic carbocycles. The van der Waals surface area contributed by atoms with E-state index < -0.39 is 16.1 Å². The number of hydrogen-bond acceptors (Lipinski definition) is 4. The second kappa shape index (κ2) is 15.4. The highest BCUT2D eigenvalue weighted by Gasteiger charge is 2.32. The summed E-state index contributed by atoms with van der Waals surface area (Å²) in [5.74, 6) is -0.359. The average molecular weight is 624 g/mol. The molecule has 0 aromatic heterocycles. The van der Waals surface area contributed by atoms with E-state index in [2.05, 4.69) is 5.32 Å². The number of carbonyl (C=O) groups is 2. The molecule has 4 rings (SSSR count). The maximum absolute atomic E-state index is 14.0. The minimum Gasteiger partial charge on any atom is -0.352 e. The number of rotatable bonds is 13. The van der Waals surface area contributed by atoms with Gasteiger partial charge in [0.1, 0.15) is 6.04 Å². The number of anilines is 1. The summed E-state index contributed by atoms with van der Waals surface area (Å²) < 4.78 is 26.6. The first-order chi connectivity index (χ1) is 20.6. The first-order valence-corrected chi connectivity index (χ1v) is 17.3. The van der Waals surface area contributed by atoms with Crippen molar-refractivity contribution in [3.8, 4) is 0 Å². The van der Waals surface area contributed by atoms with Crippen LogP contribution in [0.5, 0.6) is 0 Å². The third-order valence-electron chi connectivity index (χ3n) is 7.96. The molecule has 1 aliphatic rings. The molecule has 0 bridgehead atoms. The van der Waals surface area contributed by atoms with Crippen LogP contribution in [0.25, 0.3) is 0 Å². The molecular formula is C34H42ClN3O4S. The quantitative estimate of drug-likeness (QED) is 0.243. The van der Waals surface area contributed by atoms with Crippen LogP contribution in [0.4, 0.5) is 5.69 Å². The Morgan fingerprint density at radius 1 is 0.907 bits per heavy atom. The molecule has 0 aliphatic heterocycles. The Morgan fingerprint density at radius 3 is 2.19 bits per heavy atom. The summed E-state index contributed by atoms with van der Waals surface area (Å²) in [6.07, 6.45) is 7.16. The van der Waals surface area contributed by atoms with Gasteiger partial charge in [-0.25, -0.2) is 8.42 Å². The van der Waals surface area contributed by atoms with E-state index in [9.17, 15) is 18.0 Å². The van der Waals surface area contributed by atoms with Crippen molar-refractivity contribution in [3.63, 3.8) is 0 Å². The van der Waals surface area contributed by atoms with Crippen molar-refractivity contribution in [2.24, 2.45) is 0 Å². The average Bonchev–Trinajstić information content (AvgIpc) is 2.99. The Hall–Kier alpha value is -3.36. The molecule has 7 nitrogen and oxygen atoms in total. The summed E-state index contributed by atoms with van der Waals surface area (Å²) in [5.41, 5.74) is 3.41. The van der Waals surface area contributed by atoms with E-state index >= 15 is 0 Å². The Morgan fingerprint density at radius 2 is 1.56 bits per heavy atom. The molecule has 0 unspecified atom stereocenters. The highest BCUT2D eigenvalue weighted by molar-refractivity contribution is 7.92. The van der Waals surface area contributed by atoms with Crippen LogP contribution in [0.3, 0.4) is 0 Å². The van der Waals surface area contributed by atoms with Gasteiger partial charge in [-0.2, -0.15) is 0 Å². The monoisotopic (exact) mass is 623 g/mol. The molecule has 0 saturated heterocycles. The number of carbonyl (C=O) groups excluding carboxylic acids is 2. The van der Waals surface area contributed by atoms with Crippen molar-refractivity contribution in [2.45, 2.75) is 76.9 Å². The van der Waals surface area contributed by atoms with E-state index in [0.717, 1.165) is 42.4 Å². The number of nitrogens with zero attached hydrogens (tertiary/aromatic N) is 2. The van der Waals surface area contributed by atoms with Gasteiger partial charge in [-0.1, -0.05) is 91.0 Å². The third kappa shape index (κ3) is 9.83. The number of halogens is 1. The van der Waals surface area contributed by atoms with Gasteiger partial charge >= 0.3 is 0 Å². The van der Waals surface area contributed by atoms with Crippen molar-refractivity contribution in [1.82, 2.24) is 10.2 Å². The molecule has 43 heavy (non-hydrogen) atoms. The first kappa shape index (κ1) is 32.6. The van der Waals surface area contributed by atoms with Gasteiger partial charge in [0.15, 0.2) is 0 Å². The molecule has 0 radical (unpaired) electrons. The van der Waals surface area contributed by atoms with Gasteiger partial charge < -0.3 is 10.2 Å². The topological polar surface area (TPSA) is 86.8 Å². The zero-order valence-corrected chi connectivity index (χ0v) is 26.6. The summed E-state index contributed by atoms with van der Waals surface area (Å²) in [6.45, 7) is 2.33. The molecule has 9 heteroatoms. The summed E-state index contributed by atoms with van der Waals surface area (Å²) in [5, 5.41) is 3.84. The molecule has 3 aromatic carbocycles. The predicted octanol–water partition coefficient (Wildman–Crippen LogP) is 6.28. The van der Waals surface area contributed by atoms with Crippen LogP contribution < -0.4 is 9.62 Å². The maximum Gasteiger partial charge on any atom is 0.243 e. The lowest BCUT2D eigenvalue weighted by Crippen LogP contribution is -2.52. The Labute approximate surface area is 261 Å². The second-order valence-corrected chi connectivity index (χ2v) is 13.8. The van der Waals surface area contributed by atoms with Gasteiger partial charge in [0, 0.05) is 37.0 Å². The molecule has 1 fully saturated rings. The summed E-state index contributed by atoms with van der Waals surface area (Å²) >= 11 is 6.14. The van der Waals surface area contributed by atoms with Crippen LogP contribution in [-0.2, 0) is 32.6 Å². The summed E-state index contributed by atoms with van der Waals surface area (Å²) in [7, 11) is -3.56. The van der Waals surface area contributed by atoms with E-state index in [1.807, 2.05) is 61.5 Å². The first-order valence-electron chi connectivity index (χ1n) is 15.0. The van der Waals surface area contributed by atoms with Gasteiger partial charge in [-0.05, 0) is 61.6 Å². The Kier molecular flexibility index (Phi) is 11.7. The fourth-order valence-electron chi connectivity index (χ4n) is 5.60. The lowest BCUT2D eigenvalue weighted by atomic mass is 9.94. The maximum atomic E-state index is 14.0. The zero-order chi connectivity index (χ0) is 30.8. The number of amides is 2. The molecule has 1 N–H and O–H groups in total. The van der Waals surface area contributed by atoms with Crippen molar-refractivity contribution in [1.29, 1.82) is 0 Å². The van der Waals surface area contributed by atoms with Crippen LogP contribution >= 0.6 is 11.6 Å². The van der Waals surface area contributed by atoms with Gasteiger partial charge in [-0.15, -0.1) is 0 Å². The predicted molar refractivity (Wildman–Crippen MR) is 174 cm³/mol. The van der Waals surface area contributed by atoms with Crippen molar-refractivity contribution in [3.05, 3.63) is 101 Å². The fraction of sp³-hybridized carbons (Fsp3) is 0.412. The number of sulfonamides is 1. The standard InChI is InChI=1S/C34H42ClN3O4S/c1-26-15-21-31(22-16-26)38(43(2,41)42)23-9-14-33(39)37(25-28-17-19-29(35)20-18-28)32(24-27-10-5-3-6-11-27)34(40)36-30-12-7-4-8-13-30/h3,5-6,10-11,15-22,30,32H,4,7-9,12-14,23-25H2,1-2H3,(H,36,40)/t32-/m1/s1. The van der Waals surface area contributed by atoms with Gasteiger partial charge in [0.25, 0.3) is 0 Å². The fourth-order valence-corrected chi connectivity index (χ4v) is 6.69. The molecular weight excluding hydrogens is 582 g/mol. The van der Waals surface area contributed by atoms with Crippen LogP contribution in [-0.4, -0.2) is 50.0 Å². The van der Waals surface area contributed by atoms with E-state index in [0.29, 0.717) is 23.6 Å². The van der Waals surface area contributed by atoms with Gasteiger partial charge in [0.05, 0.1) is 11.9 Å². The lowest BCUT2D eigenvalue weighted by molar-refractivity contribution is -0.141. The molecule has 0 heterocycles. The Bertz CT molecular complexity index is 1440. The second-order valence-electron chi connectivity index (χ2n) is 11.5. The highest BCUT2D eigenvalue weighted by atomic mass is 35.5. The molecule has 1 atom stereocenters. The lowest BCUT2D eigenvalue weighted by Gasteiger charge is -2.34. The molecule has 1 saturated carbocycles. The van der Waals surface area contributed by atoms with Crippen LogP contribution in [0.15, 0.2) is 78.9 Å². The summed E-state index contributed by atoms with van der Waals surface area (Å²) in [6, 6.07) is 23.7. The molecule has 3 aromatic rings. The molecule has 230 valence electrons. The smallest absolute Gasteiger partial charge is 0.243 e. The molecule has 0 spiro atoms. The van der Waals surface area contributed by atoms with E-state index in [-0.39, 0.29) is 37.4 Å². The zero-order valence-electron chi connectivity index (χ0n) is 25.0. The number of benzene rings is 3. The normalized spacial score (nSPS) is 14.6. The number of hydrogen-bond donors (Lipinski definition) is 1. The third-order valence-corrected chi connectivity index (χ3v) is 9.41. The molecule has 2 amide bonds. The van der Waals surface area contributed by atoms with E-state index in [1.165, 1.54) is 17.0 Å². The van der Waals surface area contributed by atoms with Crippen molar-refractivity contribution >= 4 is 39.1 Å².